The van der Waals surface area contributed by atoms with Gasteiger partial charge in [-0.3, -0.25) is 9.59 Å². The Balaban J connectivity index is 2.29. The van der Waals surface area contributed by atoms with E-state index in [9.17, 15) is 9.59 Å². The molecule has 0 unspecified atom stereocenters. The second-order valence-corrected chi connectivity index (χ2v) is 4.97. The number of carbonyl (C=O) groups is 2. The lowest BCUT2D eigenvalue weighted by molar-refractivity contribution is -0.118. The Labute approximate surface area is 135 Å². The number of nitriles is 1. The highest BCUT2D eigenvalue weighted by atomic mass is 16.2. The molecular formula is C18H17N3O2. The first-order chi connectivity index (χ1) is 11.1. The van der Waals surface area contributed by atoms with Gasteiger partial charge in [-0.15, -0.1) is 0 Å². The van der Waals surface area contributed by atoms with Gasteiger partial charge in [-0.05, 0) is 30.3 Å². The van der Waals surface area contributed by atoms with Crippen LogP contribution in [0.3, 0.4) is 0 Å². The number of hydrogen-bond donors (Lipinski definition) is 1. The molecule has 2 aromatic rings. The molecule has 0 bridgehead atoms. The Morgan fingerprint density at radius 3 is 2.61 bits per heavy atom. The van der Waals surface area contributed by atoms with Crippen molar-refractivity contribution in [2.24, 2.45) is 0 Å². The van der Waals surface area contributed by atoms with Crippen molar-refractivity contribution >= 4 is 23.2 Å². The molecule has 0 spiro atoms. The summed E-state index contributed by atoms with van der Waals surface area (Å²) in [5.41, 5.74) is 1.95. The molecule has 0 fully saturated rings. The highest BCUT2D eigenvalue weighted by molar-refractivity contribution is 6.10. The molecule has 0 saturated heterocycles. The molecular weight excluding hydrogens is 290 g/mol. The number of para-hydroxylation sites is 1. The fourth-order valence-electron chi connectivity index (χ4n) is 2.19. The maximum absolute atomic E-state index is 12.5. The van der Waals surface area contributed by atoms with Crippen molar-refractivity contribution in [3.05, 3.63) is 59.7 Å². The molecule has 2 rings (SSSR count). The zero-order chi connectivity index (χ0) is 16.8. The molecule has 0 atom stereocenters. The molecule has 2 aromatic carbocycles. The van der Waals surface area contributed by atoms with Gasteiger partial charge in [0.1, 0.15) is 0 Å². The van der Waals surface area contributed by atoms with Gasteiger partial charge in [-0.25, -0.2) is 0 Å². The van der Waals surface area contributed by atoms with E-state index in [1.807, 2.05) is 6.07 Å². The number of hydrogen-bond acceptors (Lipinski definition) is 3. The number of rotatable bonds is 4. The van der Waals surface area contributed by atoms with E-state index < -0.39 is 0 Å². The average Bonchev–Trinajstić information content (AvgIpc) is 2.60. The SMILES string of the molecule is CCC(=O)N(C)c1ccccc1C(=O)Nc1cccc(C#N)c1. The summed E-state index contributed by atoms with van der Waals surface area (Å²) in [6.45, 7) is 1.77. The number of carbonyl (C=O) groups excluding carboxylic acids is 2. The monoisotopic (exact) mass is 307 g/mol. The Bertz CT molecular complexity index is 778. The summed E-state index contributed by atoms with van der Waals surface area (Å²) < 4.78 is 0. The lowest BCUT2D eigenvalue weighted by Gasteiger charge is -2.19. The van der Waals surface area contributed by atoms with E-state index in [-0.39, 0.29) is 11.8 Å². The van der Waals surface area contributed by atoms with Crippen LogP contribution in [0.25, 0.3) is 0 Å². The molecule has 0 radical (unpaired) electrons. The van der Waals surface area contributed by atoms with Crippen LogP contribution in [-0.2, 0) is 4.79 Å². The fraction of sp³-hybridized carbons (Fsp3) is 0.167. The minimum absolute atomic E-state index is 0.0725. The van der Waals surface area contributed by atoms with Crippen molar-refractivity contribution in [2.45, 2.75) is 13.3 Å². The van der Waals surface area contributed by atoms with Crippen molar-refractivity contribution in [2.75, 3.05) is 17.3 Å². The largest absolute Gasteiger partial charge is 0.322 e. The normalized spacial score (nSPS) is 9.78. The first-order valence-corrected chi connectivity index (χ1v) is 7.24. The summed E-state index contributed by atoms with van der Waals surface area (Å²) in [7, 11) is 1.65. The Kier molecular flexibility index (Phi) is 5.11. The molecule has 0 aliphatic carbocycles. The molecule has 5 nitrogen and oxygen atoms in total. The molecule has 0 aliphatic rings. The minimum atomic E-state index is -0.327. The van der Waals surface area contributed by atoms with E-state index in [0.717, 1.165) is 0 Å². The van der Waals surface area contributed by atoms with Crippen LogP contribution < -0.4 is 10.2 Å². The van der Waals surface area contributed by atoms with Crippen LogP contribution in [0.1, 0.15) is 29.3 Å². The predicted octanol–water partition coefficient (Wildman–Crippen LogP) is 3.18. The van der Waals surface area contributed by atoms with Gasteiger partial charge in [0.15, 0.2) is 0 Å². The van der Waals surface area contributed by atoms with Crippen LogP contribution in [0.5, 0.6) is 0 Å². The minimum Gasteiger partial charge on any atom is -0.322 e. The van der Waals surface area contributed by atoms with E-state index in [1.54, 1.807) is 62.5 Å². The lowest BCUT2D eigenvalue weighted by atomic mass is 10.1. The number of anilines is 2. The lowest BCUT2D eigenvalue weighted by Crippen LogP contribution is -2.27. The first kappa shape index (κ1) is 16.2. The number of nitrogens with zero attached hydrogens (tertiary/aromatic N) is 2. The van der Waals surface area contributed by atoms with Crippen LogP contribution in [-0.4, -0.2) is 18.9 Å². The molecule has 0 saturated carbocycles. The maximum atomic E-state index is 12.5. The first-order valence-electron chi connectivity index (χ1n) is 7.24. The van der Waals surface area contributed by atoms with Gasteiger partial charge in [-0.1, -0.05) is 25.1 Å². The summed E-state index contributed by atoms with van der Waals surface area (Å²) in [4.78, 5) is 25.9. The van der Waals surface area contributed by atoms with Crippen LogP contribution in [0.4, 0.5) is 11.4 Å². The third-order valence-corrected chi connectivity index (χ3v) is 3.44. The molecule has 0 aliphatic heterocycles. The standard InChI is InChI=1S/C18H17N3O2/c1-3-17(22)21(2)16-10-5-4-9-15(16)18(23)20-14-8-6-7-13(11-14)12-19/h4-11H,3H2,1-2H3,(H,20,23). The van der Waals surface area contributed by atoms with Gasteiger partial charge in [-0.2, -0.15) is 5.26 Å². The number of nitrogens with one attached hydrogen (secondary N) is 1. The van der Waals surface area contributed by atoms with Crippen LogP contribution in [0.15, 0.2) is 48.5 Å². The average molecular weight is 307 g/mol. The molecule has 5 heteroatoms. The molecule has 2 amide bonds. The summed E-state index contributed by atoms with van der Waals surface area (Å²) in [5, 5.41) is 11.7. The van der Waals surface area contributed by atoms with Crippen LogP contribution in [0.2, 0.25) is 0 Å². The predicted molar refractivity (Wildman–Crippen MR) is 89.3 cm³/mol. The van der Waals surface area contributed by atoms with Crippen molar-refractivity contribution in [3.8, 4) is 6.07 Å². The highest BCUT2D eigenvalue weighted by Crippen LogP contribution is 2.21. The Morgan fingerprint density at radius 1 is 1.17 bits per heavy atom. The van der Waals surface area contributed by atoms with Crippen molar-refractivity contribution < 1.29 is 9.59 Å². The van der Waals surface area contributed by atoms with Gasteiger partial charge >= 0.3 is 0 Å². The van der Waals surface area contributed by atoms with Gasteiger partial charge in [0.05, 0.1) is 22.9 Å². The molecule has 0 heterocycles. The van der Waals surface area contributed by atoms with Crippen molar-refractivity contribution in [1.29, 1.82) is 5.26 Å². The highest BCUT2D eigenvalue weighted by Gasteiger charge is 2.17. The Morgan fingerprint density at radius 2 is 1.91 bits per heavy atom. The summed E-state index contributed by atoms with van der Waals surface area (Å²) >= 11 is 0. The van der Waals surface area contributed by atoms with Crippen LogP contribution >= 0.6 is 0 Å². The van der Waals surface area contributed by atoms with Gasteiger partial charge in [0, 0.05) is 19.2 Å². The number of amides is 2. The quantitative estimate of drug-likeness (QED) is 0.942. The molecule has 0 aromatic heterocycles. The van der Waals surface area contributed by atoms with E-state index >= 15 is 0 Å². The molecule has 23 heavy (non-hydrogen) atoms. The second kappa shape index (κ2) is 7.23. The van der Waals surface area contributed by atoms with E-state index in [4.69, 9.17) is 5.26 Å². The van der Waals surface area contributed by atoms with Gasteiger partial charge in [0.25, 0.3) is 5.91 Å². The van der Waals surface area contributed by atoms with Gasteiger partial charge in [0.2, 0.25) is 5.91 Å². The maximum Gasteiger partial charge on any atom is 0.257 e. The van der Waals surface area contributed by atoms with Crippen LogP contribution in [0, 0.1) is 11.3 Å². The zero-order valence-electron chi connectivity index (χ0n) is 13.0. The summed E-state index contributed by atoms with van der Waals surface area (Å²) in [6.07, 6.45) is 0.358. The second-order valence-electron chi connectivity index (χ2n) is 4.97. The summed E-state index contributed by atoms with van der Waals surface area (Å²) in [5.74, 6) is -0.400. The van der Waals surface area contributed by atoms with Gasteiger partial charge < -0.3 is 10.2 Å². The van der Waals surface area contributed by atoms with Crippen molar-refractivity contribution in [3.63, 3.8) is 0 Å². The van der Waals surface area contributed by atoms with Crippen molar-refractivity contribution in [1.82, 2.24) is 0 Å². The topological polar surface area (TPSA) is 73.2 Å². The number of benzene rings is 2. The third-order valence-electron chi connectivity index (χ3n) is 3.44. The summed E-state index contributed by atoms with van der Waals surface area (Å²) in [6, 6.07) is 15.6. The van der Waals surface area contributed by atoms with E-state index in [0.29, 0.717) is 28.9 Å². The zero-order valence-corrected chi connectivity index (χ0v) is 13.0. The molecule has 116 valence electrons. The Hall–Kier alpha value is -3.13. The molecule has 1 N–H and O–H groups in total. The van der Waals surface area contributed by atoms with E-state index in [2.05, 4.69) is 5.32 Å². The van der Waals surface area contributed by atoms with E-state index in [1.165, 1.54) is 4.90 Å². The fourth-order valence-corrected chi connectivity index (χ4v) is 2.19. The smallest absolute Gasteiger partial charge is 0.257 e. The third kappa shape index (κ3) is 3.74.